The summed E-state index contributed by atoms with van der Waals surface area (Å²) in [5.41, 5.74) is 4.33. The number of hydrogen-bond acceptors (Lipinski definition) is 1. The molecule has 200 valence electrons. The van der Waals surface area contributed by atoms with Gasteiger partial charge in [0.1, 0.15) is 0 Å². The van der Waals surface area contributed by atoms with E-state index in [4.69, 9.17) is 28.9 Å². The van der Waals surface area contributed by atoms with Crippen molar-refractivity contribution in [1.29, 1.82) is 0 Å². The van der Waals surface area contributed by atoms with Crippen molar-refractivity contribution in [3.8, 4) is 11.1 Å². The number of nitrogens with two attached hydrogens (primary N) is 1. The number of alkyl halides is 6. The Labute approximate surface area is 227 Å². The van der Waals surface area contributed by atoms with Gasteiger partial charge in [-0.3, -0.25) is 4.79 Å². The van der Waals surface area contributed by atoms with Crippen molar-refractivity contribution < 1.29 is 31.1 Å². The number of benzene rings is 4. The molecule has 1 heterocycles. The maximum Gasteiger partial charge on any atom is 0.416 e. The lowest BCUT2D eigenvalue weighted by atomic mass is 10.0. The maximum absolute atomic E-state index is 14.0. The van der Waals surface area contributed by atoms with Gasteiger partial charge in [0.25, 0.3) is 0 Å². The van der Waals surface area contributed by atoms with E-state index in [-0.39, 0.29) is 17.2 Å². The highest BCUT2D eigenvalue weighted by Gasteiger charge is 2.38. The normalized spacial score (nSPS) is 12.4. The second-order valence-electron chi connectivity index (χ2n) is 8.85. The van der Waals surface area contributed by atoms with Crippen LogP contribution in [0.5, 0.6) is 0 Å². The zero-order valence-corrected chi connectivity index (χ0v) is 21.1. The summed E-state index contributed by atoms with van der Waals surface area (Å²) in [6.07, 6.45) is -10.0. The summed E-state index contributed by atoms with van der Waals surface area (Å²) in [4.78, 5) is 12.2. The van der Waals surface area contributed by atoms with Crippen molar-refractivity contribution in [2.75, 3.05) is 0 Å². The molecule has 11 heteroatoms. The molecule has 0 unspecified atom stereocenters. The first kappa shape index (κ1) is 26.9. The van der Waals surface area contributed by atoms with Gasteiger partial charge in [-0.1, -0.05) is 53.5 Å². The molecule has 2 N–H and O–H groups in total. The van der Waals surface area contributed by atoms with Crippen molar-refractivity contribution in [2.24, 2.45) is 5.73 Å². The number of carbonyl (C=O) groups excluding carboxylic acids is 1. The van der Waals surface area contributed by atoms with Gasteiger partial charge in [0.05, 0.1) is 22.2 Å². The Morgan fingerprint density at radius 3 is 2.08 bits per heavy atom. The number of amides is 1. The standard InChI is InChI=1S/C28H16Cl2F6N2O/c29-20-4-2-5-21(30)24(20)14-8-10-17-23(11-14)38(22-6-1-3-18(25(17)22)26(37)39)13-15-7-9-16(27(31,32)33)12-19(15)28(34,35)36/h1-12H,13H2,(H2,37,39). The Bertz CT molecular complexity index is 1750. The molecular formula is C28H16Cl2F6N2O. The van der Waals surface area contributed by atoms with E-state index in [1.54, 1.807) is 42.5 Å². The summed E-state index contributed by atoms with van der Waals surface area (Å²) in [5.74, 6) is -0.747. The molecule has 0 saturated carbocycles. The van der Waals surface area contributed by atoms with Gasteiger partial charge in [0, 0.05) is 38.5 Å². The third-order valence-electron chi connectivity index (χ3n) is 6.48. The first-order valence-corrected chi connectivity index (χ1v) is 12.1. The van der Waals surface area contributed by atoms with Crippen LogP contribution in [0.4, 0.5) is 26.3 Å². The fourth-order valence-corrected chi connectivity index (χ4v) is 5.39. The SMILES string of the molecule is NC(=O)c1cccc2c1c1ccc(-c3c(Cl)cccc3Cl)cc1n2Cc1ccc(C(F)(F)F)cc1C(F)(F)F. The van der Waals surface area contributed by atoms with E-state index >= 15 is 0 Å². The summed E-state index contributed by atoms with van der Waals surface area (Å²) >= 11 is 12.8. The molecule has 5 aromatic rings. The van der Waals surface area contributed by atoms with Crippen molar-refractivity contribution in [2.45, 2.75) is 18.9 Å². The lowest BCUT2D eigenvalue weighted by molar-refractivity contribution is -0.143. The Kier molecular flexibility index (Phi) is 6.55. The predicted molar refractivity (Wildman–Crippen MR) is 139 cm³/mol. The van der Waals surface area contributed by atoms with Gasteiger partial charge >= 0.3 is 12.4 Å². The number of fused-ring (bicyclic) bond motifs is 3. The van der Waals surface area contributed by atoms with E-state index in [0.717, 1.165) is 6.07 Å². The van der Waals surface area contributed by atoms with Gasteiger partial charge in [-0.25, -0.2) is 0 Å². The third-order valence-corrected chi connectivity index (χ3v) is 7.11. The number of hydrogen-bond donors (Lipinski definition) is 1. The number of primary amides is 1. The molecule has 0 radical (unpaired) electrons. The molecule has 0 saturated heterocycles. The van der Waals surface area contributed by atoms with Gasteiger partial charge in [-0.2, -0.15) is 26.3 Å². The second kappa shape index (κ2) is 9.50. The average molecular weight is 581 g/mol. The van der Waals surface area contributed by atoms with Crippen LogP contribution in [0.1, 0.15) is 27.0 Å². The molecule has 0 aliphatic rings. The van der Waals surface area contributed by atoms with Crippen molar-refractivity contribution in [3.05, 3.63) is 105 Å². The second-order valence-corrected chi connectivity index (χ2v) is 9.66. The third kappa shape index (κ3) is 4.81. The highest BCUT2D eigenvalue weighted by atomic mass is 35.5. The van der Waals surface area contributed by atoms with Crippen molar-refractivity contribution >= 4 is 50.9 Å². The number of aromatic nitrogens is 1. The highest BCUT2D eigenvalue weighted by molar-refractivity contribution is 6.39. The summed E-state index contributed by atoms with van der Waals surface area (Å²) in [6, 6.07) is 16.1. The van der Waals surface area contributed by atoms with Gasteiger partial charge < -0.3 is 10.3 Å². The Hall–Kier alpha value is -3.69. The smallest absolute Gasteiger partial charge is 0.366 e. The van der Waals surface area contributed by atoms with E-state index in [9.17, 15) is 31.1 Å². The molecule has 3 nitrogen and oxygen atoms in total. The minimum atomic E-state index is -5.05. The number of rotatable bonds is 4. The van der Waals surface area contributed by atoms with Gasteiger partial charge in [-0.05, 0) is 53.6 Å². The van der Waals surface area contributed by atoms with Gasteiger partial charge in [0.15, 0.2) is 0 Å². The number of halogens is 8. The van der Waals surface area contributed by atoms with Crippen LogP contribution in [0.2, 0.25) is 10.0 Å². The fourth-order valence-electron chi connectivity index (χ4n) is 4.77. The predicted octanol–water partition coefficient (Wildman–Crippen LogP) is 8.95. The fraction of sp³-hybridized carbons (Fsp3) is 0.107. The van der Waals surface area contributed by atoms with Crippen LogP contribution in [0.3, 0.4) is 0 Å². The first-order chi connectivity index (χ1) is 18.3. The Morgan fingerprint density at radius 2 is 1.46 bits per heavy atom. The van der Waals surface area contributed by atoms with Crippen LogP contribution in [0.15, 0.2) is 72.8 Å². The largest absolute Gasteiger partial charge is 0.416 e. The molecule has 0 spiro atoms. The molecule has 39 heavy (non-hydrogen) atoms. The summed E-state index contributed by atoms with van der Waals surface area (Å²) in [6.45, 7) is -0.450. The van der Waals surface area contributed by atoms with Crippen LogP contribution in [-0.2, 0) is 18.9 Å². The average Bonchev–Trinajstić information content (AvgIpc) is 3.16. The highest BCUT2D eigenvalue weighted by Crippen LogP contribution is 2.41. The molecule has 0 aliphatic carbocycles. The molecule has 1 amide bonds. The molecule has 0 aliphatic heterocycles. The van der Waals surface area contributed by atoms with Crippen LogP contribution in [0.25, 0.3) is 32.9 Å². The molecule has 5 rings (SSSR count). The van der Waals surface area contributed by atoms with E-state index in [0.29, 0.717) is 49.0 Å². The lowest BCUT2D eigenvalue weighted by Crippen LogP contribution is -2.15. The van der Waals surface area contributed by atoms with E-state index in [1.807, 2.05) is 0 Å². The minimum Gasteiger partial charge on any atom is -0.366 e. The number of carbonyl (C=O) groups is 1. The van der Waals surface area contributed by atoms with E-state index in [1.165, 1.54) is 16.7 Å². The zero-order valence-electron chi connectivity index (χ0n) is 19.6. The van der Waals surface area contributed by atoms with E-state index < -0.39 is 35.9 Å². The first-order valence-electron chi connectivity index (χ1n) is 11.3. The monoisotopic (exact) mass is 580 g/mol. The van der Waals surface area contributed by atoms with Crippen molar-refractivity contribution in [1.82, 2.24) is 4.57 Å². The lowest BCUT2D eigenvalue weighted by Gasteiger charge is -2.17. The minimum absolute atomic E-state index is 0.104. The molecular weight excluding hydrogens is 565 g/mol. The van der Waals surface area contributed by atoms with Crippen LogP contribution in [-0.4, -0.2) is 10.5 Å². The summed E-state index contributed by atoms with van der Waals surface area (Å²) < 4.78 is 83.1. The van der Waals surface area contributed by atoms with Crippen LogP contribution in [0, 0.1) is 0 Å². The molecule has 4 aromatic carbocycles. The maximum atomic E-state index is 14.0. The van der Waals surface area contributed by atoms with Crippen LogP contribution < -0.4 is 5.73 Å². The summed E-state index contributed by atoms with van der Waals surface area (Å²) in [5, 5.41) is 1.58. The summed E-state index contributed by atoms with van der Waals surface area (Å²) in [7, 11) is 0. The van der Waals surface area contributed by atoms with Gasteiger partial charge in [0.2, 0.25) is 5.91 Å². The van der Waals surface area contributed by atoms with Crippen LogP contribution >= 0.6 is 23.2 Å². The quantitative estimate of drug-likeness (QED) is 0.212. The number of nitrogens with zero attached hydrogens (tertiary/aromatic N) is 1. The van der Waals surface area contributed by atoms with Gasteiger partial charge in [-0.15, -0.1) is 0 Å². The topological polar surface area (TPSA) is 48.0 Å². The Balaban J connectivity index is 1.82. The zero-order chi connectivity index (χ0) is 28.3. The van der Waals surface area contributed by atoms with E-state index in [2.05, 4.69) is 0 Å². The van der Waals surface area contributed by atoms with Crippen molar-refractivity contribution in [3.63, 3.8) is 0 Å². The Morgan fingerprint density at radius 1 is 0.795 bits per heavy atom. The molecule has 0 bridgehead atoms. The molecule has 0 atom stereocenters. The molecule has 1 aromatic heterocycles. The molecule has 0 fully saturated rings.